The first-order valence-corrected chi connectivity index (χ1v) is 8.33. The third-order valence-electron chi connectivity index (χ3n) is 3.99. The van der Waals surface area contributed by atoms with Crippen LogP contribution in [0.25, 0.3) is 0 Å². The minimum atomic E-state index is -0.404. The second-order valence-corrected chi connectivity index (χ2v) is 6.22. The summed E-state index contributed by atoms with van der Waals surface area (Å²) < 4.78 is 5.14. The Morgan fingerprint density at radius 1 is 1.08 bits per heavy atom. The van der Waals surface area contributed by atoms with E-state index in [1.165, 1.54) is 0 Å². The Labute approximate surface area is 148 Å². The average molecular weight is 343 g/mol. The first-order valence-electron chi connectivity index (χ1n) is 8.33. The highest BCUT2D eigenvalue weighted by atomic mass is 16.3. The van der Waals surface area contributed by atoms with Gasteiger partial charge < -0.3 is 20.0 Å². The highest BCUT2D eigenvalue weighted by Gasteiger charge is 2.24. The Balaban J connectivity index is 1.86. The number of urea groups is 1. The standard InChI is InChI=1S/C19H25N3O3/c1-14(2)18(15-8-5-4-6-9-15)22(3)17(23)13-21-19(24)20-12-16-10-7-11-25-16/h4-11,14,18H,12-13H2,1-3H3,(H2,20,21,24)/t18-/m0/s1. The summed E-state index contributed by atoms with van der Waals surface area (Å²) in [5.41, 5.74) is 1.08. The molecule has 3 amide bonds. The van der Waals surface area contributed by atoms with Crippen LogP contribution < -0.4 is 10.6 Å². The fraction of sp³-hybridized carbons (Fsp3) is 0.368. The molecule has 0 bridgehead atoms. The predicted octanol–water partition coefficient (Wildman–Crippen LogP) is 2.93. The molecule has 0 aliphatic rings. The van der Waals surface area contributed by atoms with Gasteiger partial charge in [0.15, 0.2) is 0 Å². The maximum absolute atomic E-state index is 12.5. The lowest BCUT2D eigenvalue weighted by Gasteiger charge is -2.32. The molecule has 0 aliphatic heterocycles. The molecular formula is C19H25N3O3. The van der Waals surface area contributed by atoms with Gasteiger partial charge in [-0.25, -0.2) is 4.79 Å². The van der Waals surface area contributed by atoms with Gasteiger partial charge in [-0.2, -0.15) is 0 Å². The third kappa shape index (κ3) is 5.38. The molecule has 1 aromatic carbocycles. The van der Waals surface area contributed by atoms with Gasteiger partial charge in [-0.1, -0.05) is 44.2 Å². The van der Waals surface area contributed by atoms with Gasteiger partial charge in [0.05, 0.1) is 25.4 Å². The maximum atomic E-state index is 12.5. The van der Waals surface area contributed by atoms with E-state index < -0.39 is 6.03 Å². The van der Waals surface area contributed by atoms with E-state index in [1.54, 1.807) is 30.3 Å². The molecule has 0 fully saturated rings. The van der Waals surface area contributed by atoms with Crippen LogP contribution >= 0.6 is 0 Å². The van der Waals surface area contributed by atoms with Gasteiger partial charge >= 0.3 is 6.03 Å². The summed E-state index contributed by atoms with van der Waals surface area (Å²) in [6, 6.07) is 13.0. The number of carbonyl (C=O) groups is 2. The molecule has 0 saturated carbocycles. The Hall–Kier alpha value is -2.76. The van der Waals surface area contributed by atoms with E-state index in [2.05, 4.69) is 24.5 Å². The summed E-state index contributed by atoms with van der Waals surface area (Å²) in [5, 5.41) is 5.24. The van der Waals surface area contributed by atoms with E-state index >= 15 is 0 Å². The number of likely N-dealkylation sites (N-methyl/N-ethyl adjacent to an activating group) is 1. The summed E-state index contributed by atoms with van der Waals surface area (Å²) in [5.74, 6) is 0.766. The molecule has 1 atom stereocenters. The van der Waals surface area contributed by atoms with Crippen molar-refractivity contribution in [3.05, 3.63) is 60.1 Å². The molecule has 0 saturated heterocycles. The van der Waals surface area contributed by atoms with Crippen molar-refractivity contribution in [2.45, 2.75) is 26.4 Å². The van der Waals surface area contributed by atoms with Crippen molar-refractivity contribution in [3.63, 3.8) is 0 Å². The number of benzene rings is 1. The van der Waals surface area contributed by atoms with Gasteiger partial charge in [0.25, 0.3) is 0 Å². The van der Waals surface area contributed by atoms with Gasteiger partial charge in [0, 0.05) is 7.05 Å². The molecule has 1 aromatic heterocycles. The Bertz CT molecular complexity index is 668. The Kier molecular flexibility index (Phi) is 6.62. The van der Waals surface area contributed by atoms with Crippen molar-refractivity contribution >= 4 is 11.9 Å². The quantitative estimate of drug-likeness (QED) is 0.812. The van der Waals surface area contributed by atoms with Crippen molar-refractivity contribution in [1.29, 1.82) is 0 Å². The van der Waals surface area contributed by atoms with Gasteiger partial charge in [0.1, 0.15) is 5.76 Å². The van der Waals surface area contributed by atoms with Crippen LogP contribution in [0.4, 0.5) is 4.79 Å². The second-order valence-electron chi connectivity index (χ2n) is 6.22. The monoisotopic (exact) mass is 343 g/mol. The lowest BCUT2D eigenvalue weighted by atomic mass is 9.94. The molecule has 6 heteroatoms. The van der Waals surface area contributed by atoms with Crippen molar-refractivity contribution < 1.29 is 14.0 Å². The average Bonchev–Trinajstić information content (AvgIpc) is 3.12. The fourth-order valence-electron chi connectivity index (χ4n) is 2.78. The number of hydrogen-bond donors (Lipinski definition) is 2. The summed E-state index contributed by atoms with van der Waals surface area (Å²) in [6.07, 6.45) is 1.54. The molecule has 0 radical (unpaired) electrons. The minimum Gasteiger partial charge on any atom is -0.467 e. The van der Waals surface area contributed by atoms with Gasteiger partial charge in [0.2, 0.25) is 5.91 Å². The number of furan rings is 1. The van der Waals surface area contributed by atoms with Crippen LogP contribution in [0, 0.1) is 5.92 Å². The van der Waals surface area contributed by atoms with Crippen LogP contribution in [0.2, 0.25) is 0 Å². The van der Waals surface area contributed by atoms with E-state index in [-0.39, 0.29) is 31.0 Å². The summed E-state index contributed by atoms with van der Waals surface area (Å²) in [4.78, 5) is 26.0. The molecule has 2 rings (SSSR count). The Morgan fingerprint density at radius 2 is 1.80 bits per heavy atom. The van der Waals surface area contributed by atoms with E-state index in [0.717, 1.165) is 5.56 Å². The highest BCUT2D eigenvalue weighted by molar-refractivity contribution is 5.84. The summed E-state index contributed by atoms with van der Waals surface area (Å²) in [6.45, 7) is 4.37. The molecule has 0 aliphatic carbocycles. The molecule has 2 aromatic rings. The normalized spacial score (nSPS) is 11.8. The first kappa shape index (κ1) is 18.6. The van der Waals surface area contributed by atoms with Gasteiger partial charge in [-0.15, -0.1) is 0 Å². The van der Waals surface area contributed by atoms with E-state index in [9.17, 15) is 9.59 Å². The van der Waals surface area contributed by atoms with Crippen LogP contribution in [0.3, 0.4) is 0 Å². The number of nitrogens with zero attached hydrogens (tertiary/aromatic N) is 1. The number of rotatable bonds is 7. The van der Waals surface area contributed by atoms with E-state index in [0.29, 0.717) is 5.76 Å². The molecule has 6 nitrogen and oxygen atoms in total. The zero-order valence-corrected chi connectivity index (χ0v) is 14.9. The summed E-state index contributed by atoms with van der Waals surface area (Å²) in [7, 11) is 1.77. The zero-order chi connectivity index (χ0) is 18.2. The van der Waals surface area contributed by atoms with E-state index in [4.69, 9.17) is 4.42 Å². The lowest BCUT2D eigenvalue weighted by molar-refractivity contribution is -0.131. The first-order chi connectivity index (χ1) is 12.0. The second kappa shape index (κ2) is 8.92. The largest absolute Gasteiger partial charge is 0.467 e. The molecule has 25 heavy (non-hydrogen) atoms. The molecular weight excluding hydrogens is 318 g/mol. The van der Waals surface area contributed by atoms with Crippen molar-refractivity contribution in [2.75, 3.05) is 13.6 Å². The van der Waals surface area contributed by atoms with Crippen LogP contribution in [0.15, 0.2) is 53.1 Å². The van der Waals surface area contributed by atoms with Crippen LogP contribution in [-0.2, 0) is 11.3 Å². The number of carbonyl (C=O) groups excluding carboxylic acids is 2. The molecule has 0 unspecified atom stereocenters. The predicted molar refractivity (Wildman–Crippen MR) is 95.7 cm³/mol. The van der Waals surface area contributed by atoms with Crippen LogP contribution in [0.1, 0.15) is 31.2 Å². The molecule has 0 spiro atoms. The topological polar surface area (TPSA) is 74.6 Å². The van der Waals surface area contributed by atoms with Crippen molar-refractivity contribution in [1.82, 2.24) is 15.5 Å². The van der Waals surface area contributed by atoms with Crippen LogP contribution in [0.5, 0.6) is 0 Å². The van der Waals surface area contributed by atoms with Crippen molar-refractivity contribution in [2.24, 2.45) is 5.92 Å². The molecule has 2 N–H and O–H groups in total. The third-order valence-corrected chi connectivity index (χ3v) is 3.99. The fourth-order valence-corrected chi connectivity index (χ4v) is 2.78. The molecule has 134 valence electrons. The van der Waals surface area contributed by atoms with E-state index in [1.807, 2.05) is 30.3 Å². The number of hydrogen-bond acceptors (Lipinski definition) is 3. The highest BCUT2D eigenvalue weighted by Crippen LogP contribution is 2.27. The number of nitrogens with one attached hydrogen (secondary N) is 2. The number of amides is 3. The Morgan fingerprint density at radius 3 is 2.40 bits per heavy atom. The van der Waals surface area contributed by atoms with Crippen LogP contribution in [-0.4, -0.2) is 30.4 Å². The molecule has 1 heterocycles. The maximum Gasteiger partial charge on any atom is 0.315 e. The lowest BCUT2D eigenvalue weighted by Crippen LogP contribution is -2.44. The minimum absolute atomic E-state index is 0.0401. The zero-order valence-electron chi connectivity index (χ0n) is 14.9. The van der Waals surface area contributed by atoms with Gasteiger partial charge in [-0.05, 0) is 23.6 Å². The SMILES string of the molecule is CC(C)[C@@H](c1ccccc1)N(C)C(=O)CNC(=O)NCc1ccco1. The van der Waals surface area contributed by atoms with Crippen molar-refractivity contribution in [3.8, 4) is 0 Å². The van der Waals surface area contributed by atoms with Gasteiger partial charge in [-0.3, -0.25) is 4.79 Å². The summed E-state index contributed by atoms with van der Waals surface area (Å²) >= 11 is 0. The smallest absolute Gasteiger partial charge is 0.315 e.